The van der Waals surface area contributed by atoms with Crippen molar-refractivity contribution in [2.45, 2.75) is 32.9 Å². The summed E-state index contributed by atoms with van der Waals surface area (Å²) in [5.41, 5.74) is 0.788. The van der Waals surface area contributed by atoms with E-state index in [0.717, 1.165) is 5.56 Å². The number of hydrogen-bond acceptors (Lipinski definition) is 6. The number of ether oxygens (including phenoxy) is 2. The Morgan fingerprint density at radius 3 is 2.37 bits per heavy atom. The highest BCUT2D eigenvalue weighted by atomic mass is 16.5. The number of alkyl carbamates (subject to hydrolysis) is 1. The zero-order valence-electron chi connectivity index (χ0n) is 15.3. The fourth-order valence-corrected chi connectivity index (χ4v) is 2.13. The van der Waals surface area contributed by atoms with Crippen molar-refractivity contribution in [2.75, 3.05) is 13.2 Å². The molecule has 9 heteroatoms. The molecule has 1 aromatic rings. The normalized spacial score (nSPS) is 12.4. The molecule has 0 saturated carbocycles. The average molecular weight is 380 g/mol. The molecule has 9 nitrogen and oxygen atoms in total. The lowest BCUT2D eigenvalue weighted by Gasteiger charge is -2.18. The smallest absolute Gasteiger partial charge is 0.407 e. The van der Waals surface area contributed by atoms with Gasteiger partial charge < -0.3 is 25.2 Å². The minimum atomic E-state index is -1.29. The molecule has 3 N–H and O–H groups in total. The Bertz CT molecular complexity index is 648. The molecule has 0 aliphatic heterocycles. The van der Waals surface area contributed by atoms with Gasteiger partial charge in [-0.25, -0.2) is 9.59 Å². The van der Waals surface area contributed by atoms with Gasteiger partial charge in [-0.05, 0) is 18.9 Å². The molecule has 0 bridgehead atoms. The van der Waals surface area contributed by atoms with E-state index in [1.54, 1.807) is 31.2 Å². The number of hydrogen-bond donors (Lipinski definition) is 3. The summed E-state index contributed by atoms with van der Waals surface area (Å²) in [5.74, 6) is -3.24. The van der Waals surface area contributed by atoms with Crippen LogP contribution in [0.5, 0.6) is 0 Å². The fourth-order valence-electron chi connectivity index (χ4n) is 2.13. The molecule has 0 saturated heterocycles. The molecule has 2 amide bonds. The second-order valence-corrected chi connectivity index (χ2v) is 5.76. The van der Waals surface area contributed by atoms with Gasteiger partial charge in [0.05, 0.1) is 12.5 Å². The van der Waals surface area contributed by atoms with Crippen molar-refractivity contribution in [1.29, 1.82) is 0 Å². The standard InChI is InChI=1S/C18H24N2O7/c1-3-26-17(24)12(2)9-14(16(22)23)20-15(21)10-19-18(25)27-11-13-7-5-4-6-8-13/h4-8,12,14H,3,9-11H2,1-2H3,(H,19,25)(H,20,21)(H,22,23)/t12-,14-/m0/s1. The summed E-state index contributed by atoms with van der Waals surface area (Å²) < 4.78 is 9.76. The Kier molecular flexibility index (Phi) is 9.35. The van der Waals surface area contributed by atoms with E-state index in [1.807, 2.05) is 6.07 Å². The van der Waals surface area contributed by atoms with Gasteiger partial charge in [0, 0.05) is 0 Å². The van der Waals surface area contributed by atoms with Gasteiger partial charge in [-0.1, -0.05) is 37.3 Å². The number of carboxylic acids is 1. The van der Waals surface area contributed by atoms with E-state index in [0.29, 0.717) is 0 Å². The van der Waals surface area contributed by atoms with E-state index in [4.69, 9.17) is 9.47 Å². The molecule has 0 aliphatic carbocycles. The van der Waals surface area contributed by atoms with E-state index in [1.165, 1.54) is 6.92 Å². The van der Waals surface area contributed by atoms with Crippen molar-refractivity contribution in [3.63, 3.8) is 0 Å². The van der Waals surface area contributed by atoms with Crippen LogP contribution in [0.25, 0.3) is 0 Å². The van der Waals surface area contributed by atoms with E-state index in [2.05, 4.69) is 10.6 Å². The van der Waals surface area contributed by atoms with Gasteiger partial charge in [0.2, 0.25) is 5.91 Å². The van der Waals surface area contributed by atoms with Gasteiger partial charge >= 0.3 is 18.0 Å². The SMILES string of the molecule is CCOC(=O)[C@@H](C)C[C@H](NC(=O)CNC(=O)OCc1ccccc1)C(=O)O. The highest BCUT2D eigenvalue weighted by Crippen LogP contribution is 2.09. The Balaban J connectivity index is 2.39. The Hall–Kier alpha value is -3.10. The van der Waals surface area contributed by atoms with Crippen LogP contribution in [0.4, 0.5) is 4.79 Å². The number of carbonyl (C=O) groups excluding carboxylic acids is 3. The molecule has 0 heterocycles. The predicted octanol–water partition coefficient (Wildman–Crippen LogP) is 1.07. The molecule has 0 unspecified atom stereocenters. The quantitative estimate of drug-likeness (QED) is 0.517. The van der Waals surface area contributed by atoms with Crippen LogP contribution in [0.15, 0.2) is 30.3 Å². The van der Waals surface area contributed by atoms with Crippen LogP contribution in [0.1, 0.15) is 25.8 Å². The topological polar surface area (TPSA) is 131 Å². The molecular formula is C18H24N2O7. The summed E-state index contributed by atoms with van der Waals surface area (Å²) >= 11 is 0. The maximum absolute atomic E-state index is 11.9. The van der Waals surface area contributed by atoms with Crippen molar-refractivity contribution in [3.8, 4) is 0 Å². The Morgan fingerprint density at radius 1 is 1.11 bits per heavy atom. The molecular weight excluding hydrogens is 356 g/mol. The van der Waals surface area contributed by atoms with Crippen LogP contribution < -0.4 is 10.6 Å². The number of nitrogens with one attached hydrogen (secondary N) is 2. The van der Waals surface area contributed by atoms with E-state index in [9.17, 15) is 24.3 Å². The summed E-state index contributed by atoms with van der Waals surface area (Å²) in [6.07, 6.45) is -0.931. The highest BCUT2D eigenvalue weighted by Gasteiger charge is 2.26. The van der Waals surface area contributed by atoms with Crippen molar-refractivity contribution in [2.24, 2.45) is 5.92 Å². The number of rotatable bonds is 10. The fraction of sp³-hybridized carbons (Fsp3) is 0.444. The third-order valence-electron chi connectivity index (χ3n) is 3.52. The molecule has 0 aromatic heterocycles. The highest BCUT2D eigenvalue weighted by molar-refractivity contribution is 5.87. The van der Waals surface area contributed by atoms with Crippen LogP contribution in [-0.2, 0) is 30.5 Å². The minimum Gasteiger partial charge on any atom is -0.480 e. The maximum atomic E-state index is 11.9. The maximum Gasteiger partial charge on any atom is 0.407 e. The van der Waals surface area contributed by atoms with Crippen molar-refractivity contribution < 1.29 is 33.8 Å². The molecule has 1 rings (SSSR count). The average Bonchev–Trinajstić information content (AvgIpc) is 2.65. The number of amides is 2. The van der Waals surface area contributed by atoms with E-state index in [-0.39, 0.29) is 19.6 Å². The second-order valence-electron chi connectivity index (χ2n) is 5.76. The lowest BCUT2D eigenvalue weighted by Crippen LogP contribution is -2.46. The summed E-state index contributed by atoms with van der Waals surface area (Å²) in [5, 5.41) is 13.7. The predicted molar refractivity (Wildman–Crippen MR) is 94.6 cm³/mol. The first-order valence-corrected chi connectivity index (χ1v) is 8.46. The minimum absolute atomic E-state index is 0.0447. The first kappa shape index (κ1) is 21.9. The Morgan fingerprint density at radius 2 is 1.78 bits per heavy atom. The number of aliphatic carboxylic acids is 1. The molecule has 0 fully saturated rings. The number of esters is 1. The molecule has 2 atom stereocenters. The molecule has 0 aliphatic rings. The van der Waals surface area contributed by atoms with Crippen molar-refractivity contribution >= 4 is 23.9 Å². The second kappa shape index (κ2) is 11.5. The first-order chi connectivity index (χ1) is 12.8. The lowest BCUT2D eigenvalue weighted by molar-refractivity contribution is -0.149. The lowest BCUT2D eigenvalue weighted by atomic mass is 10.0. The zero-order valence-corrected chi connectivity index (χ0v) is 15.3. The molecule has 148 valence electrons. The summed E-state index contributed by atoms with van der Waals surface area (Å²) in [7, 11) is 0. The monoisotopic (exact) mass is 380 g/mol. The van der Waals surface area contributed by atoms with E-state index >= 15 is 0 Å². The number of carboxylic acid groups (broad SMARTS) is 1. The van der Waals surface area contributed by atoms with Gasteiger partial charge in [-0.15, -0.1) is 0 Å². The molecule has 1 aromatic carbocycles. The number of benzene rings is 1. The van der Waals surface area contributed by atoms with E-state index < -0.39 is 42.4 Å². The van der Waals surface area contributed by atoms with Crippen molar-refractivity contribution in [1.82, 2.24) is 10.6 Å². The van der Waals surface area contributed by atoms with Crippen LogP contribution in [0.2, 0.25) is 0 Å². The first-order valence-electron chi connectivity index (χ1n) is 8.46. The zero-order chi connectivity index (χ0) is 20.2. The van der Waals surface area contributed by atoms with Crippen LogP contribution in [0, 0.1) is 5.92 Å². The summed E-state index contributed by atoms with van der Waals surface area (Å²) in [6, 6.07) is 7.71. The van der Waals surface area contributed by atoms with Gasteiger partial charge in [0.1, 0.15) is 19.2 Å². The van der Waals surface area contributed by atoms with Crippen LogP contribution in [0.3, 0.4) is 0 Å². The van der Waals surface area contributed by atoms with Gasteiger partial charge in [0.25, 0.3) is 0 Å². The van der Waals surface area contributed by atoms with Gasteiger partial charge in [-0.2, -0.15) is 0 Å². The largest absolute Gasteiger partial charge is 0.480 e. The van der Waals surface area contributed by atoms with Gasteiger partial charge in [0.15, 0.2) is 0 Å². The molecule has 0 spiro atoms. The summed E-state index contributed by atoms with van der Waals surface area (Å²) in [4.78, 5) is 46.3. The van der Waals surface area contributed by atoms with Gasteiger partial charge in [-0.3, -0.25) is 9.59 Å². The van der Waals surface area contributed by atoms with Crippen LogP contribution >= 0.6 is 0 Å². The van der Waals surface area contributed by atoms with Crippen LogP contribution in [-0.4, -0.2) is 48.2 Å². The third kappa shape index (κ3) is 8.70. The Labute approximate surface area is 157 Å². The number of carbonyl (C=O) groups is 4. The third-order valence-corrected chi connectivity index (χ3v) is 3.52. The molecule has 0 radical (unpaired) electrons. The summed E-state index contributed by atoms with van der Waals surface area (Å²) in [6.45, 7) is 2.93. The molecule has 27 heavy (non-hydrogen) atoms. The van der Waals surface area contributed by atoms with Crippen molar-refractivity contribution in [3.05, 3.63) is 35.9 Å².